The Kier molecular flexibility index (Phi) is 5.65. The molecule has 0 amide bonds. The van der Waals surface area contributed by atoms with Crippen molar-refractivity contribution in [2.24, 2.45) is 0 Å². The molecule has 0 saturated carbocycles. The zero-order chi connectivity index (χ0) is 12.9. The van der Waals surface area contributed by atoms with Crippen molar-refractivity contribution >= 4 is 23.8 Å². The van der Waals surface area contributed by atoms with E-state index in [0.717, 1.165) is 0 Å². The van der Waals surface area contributed by atoms with Gasteiger partial charge in [0.05, 0.1) is 0 Å². The van der Waals surface area contributed by atoms with E-state index in [-0.39, 0.29) is 19.5 Å². The minimum Gasteiger partial charge on any atom is -0.0622 e. The Bertz CT molecular complexity index is 529. The van der Waals surface area contributed by atoms with Crippen LogP contribution in [-0.2, 0) is 19.5 Å². The molecule has 0 nitrogen and oxygen atoms in total. The van der Waals surface area contributed by atoms with Gasteiger partial charge in [0, 0.05) is 0 Å². The van der Waals surface area contributed by atoms with Gasteiger partial charge in [-0.2, -0.15) is 0 Å². The fourth-order valence-electron chi connectivity index (χ4n) is 2.18. The molecule has 0 radical (unpaired) electrons. The van der Waals surface area contributed by atoms with Crippen molar-refractivity contribution in [2.75, 3.05) is 0 Å². The predicted octanol–water partition coefficient (Wildman–Crippen LogP) is 2.64. The summed E-state index contributed by atoms with van der Waals surface area (Å²) < 4.78 is 0. The van der Waals surface area contributed by atoms with Gasteiger partial charge in [-0.1, -0.05) is 91.0 Å². The molecule has 0 spiro atoms. The number of benzene rings is 3. The molecule has 3 aromatic carbocycles. The first-order valence-corrected chi connectivity index (χ1v) is 7.74. The zero-order valence-electron chi connectivity index (χ0n) is 11.1. The van der Waals surface area contributed by atoms with Crippen molar-refractivity contribution in [3.63, 3.8) is 0 Å². The molecule has 0 aromatic heterocycles. The van der Waals surface area contributed by atoms with E-state index in [2.05, 4.69) is 91.0 Å². The number of hydrogen-bond donors (Lipinski definition) is 0. The first kappa shape index (κ1) is 15.1. The van der Waals surface area contributed by atoms with Gasteiger partial charge in [0.25, 0.3) is 0 Å². The van der Waals surface area contributed by atoms with Crippen molar-refractivity contribution in [2.45, 2.75) is 0 Å². The van der Waals surface area contributed by atoms with Gasteiger partial charge >= 0.3 is 19.5 Å². The van der Waals surface area contributed by atoms with Gasteiger partial charge in [-0.05, 0) is 23.8 Å². The van der Waals surface area contributed by atoms with Gasteiger partial charge < -0.3 is 0 Å². The Hall–Kier alpha value is -1.29. The van der Waals surface area contributed by atoms with Gasteiger partial charge in [0.1, 0.15) is 0 Å². The minimum atomic E-state index is -0.446. The van der Waals surface area contributed by atoms with E-state index < -0.39 is 7.92 Å². The third-order valence-corrected chi connectivity index (χ3v) is 5.49. The SMILES string of the molecule is [RuH3].c1ccc(P(c2ccccc2)c2ccccc2)cc1. The van der Waals surface area contributed by atoms with Gasteiger partial charge in [-0.3, -0.25) is 0 Å². The predicted molar refractivity (Wildman–Crippen MR) is 89.3 cm³/mol. The van der Waals surface area contributed by atoms with Crippen molar-refractivity contribution < 1.29 is 19.5 Å². The van der Waals surface area contributed by atoms with Crippen LogP contribution in [0.4, 0.5) is 0 Å². The molecule has 0 saturated heterocycles. The van der Waals surface area contributed by atoms with Crippen LogP contribution >= 0.6 is 7.92 Å². The van der Waals surface area contributed by atoms with Crippen molar-refractivity contribution in [1.82, 2.24) is 0 Å². The van der Waals surface area contributed by atoms with E-state index in [1.807, 2.05) is 0 Å². The van der Waals surface area contributed by atoms with Crippen LogP contribution in [0, 0.1) is 0 Å². The summed E-state index contributed by atoms with van der Waals surface area (Å²) in [6, 6.07) is 32.3. The van der Waals surface area contributed by atoms with E-state index in [4.69, 9.17) is 0 Å². The fraction of sp³-hybridized carbons (Fsp3) is 0. The molecule has 103 valence electrons. The molecule has 0 atom stereocenters. The summed E-state index contributed by atoms with van der Waals surface area (Å²) in [6.07, 6.45) is 0. The second-order valence-corrected chi connectivity index (χ2v) is 6.56. The molecule has 2 heteroatoms. The maximum atomic E-state index is 2.23. The zero-order valence-corrected chi connectivity index (χ0v) is 14.1. The number of rotatable bonds is 3. The Morgan fingerprint density at radius 2 is 0.650 bits per heavy atom. The van der Waals surface area contributed by atoms with Crippen molar-refractivity contribution in [1.29, 1.82) is 0 Å². The van der Waals surface area contributed by atoms with Crippen molar-refractivity contribution in [3.05, 3.63) is 91.0 Å². The average Bonchev–Trinajstić information content (AvgIpc) is 2.51. The first-order chi connectivity index (χ1) is 9.45. The standard InChI is InChI=1S/C18H15P.Ru.3H/c1-4-10-16(11-5-1)19(17-12-6-2-7-13-17)18-14-8-3-9-15-18;;;;/h1-15H;;;;. The van der Waals surface area contributed by atoms with Crippen LogP contribution in [0.15, 0.2) is 91.0 Å². The van der Waals surface area contributed by atoms with Crippen LogP contribution in [0.1, 0.15) is 0 Å². The monoisotopic (exact) mass is 367 g/mol. The molecule has 0 aliphatic rings. The van der Waals surface area contributed by atoms with E-state index in [1.165, 1.54) is 15.9 Å². The molecule has 0 aliphatic heterocycles. The summed E-state index contributed by atoms with van der Waals surface area (Å²) in [5.41, 5.74) is 0. The Morgan fingerprint density at radius 1 is 0.400 bits per heavy atom. The molecule has 0 unspecified atom stereocenters. The van der Waals surface area contributed by atoms with E-state index in [0.29, 0.717) is 0 Å². The summed E-state index contributed by atoms with van der Waals surface area (Å²) in [4.78, 5) is 0. The fourth-order valence-corrected chi connectivity index (χ4v) is 4.48. The summed E-state index contributed by atoms with van der Waals surface area (Å²) in [5, 5.41) is 4.19. The second kappa shape index (κ2) is 7.48. The topological polar surface area (TPSA) is 0 Å². The number of hydrogen-bond acceptors (Lipinski definition) is 0. The maximum absolute atomic E-state index is 2.23. The molecular formula is C18H18PRu. The maximum Gasteiger partial charge on any atom is -0.0134 e. The van der Waals surface area contributed by atoms with Gasteiger partial charge in [-0.15, -0.1) is 0 Å². The van der Waals surface area contributed by atoms with Crippen LogP contribution in [-0.4, -0.2) is 0 Å². The minimum absolute atomic E-state index is 0. The van der Waals surface area contributed by atoms with Crippen LogP contribution in [0.3, 0.4) is 0 Å². The average molecular weight is 366 g/mol. The van der Waals surface area contributed by atoms with Crippen molar-refractivity contribution in [3.8, 4) is 0 Å². The quantitative estimate of drug-likeness (QED) is 0.494. The smallest absolute Gasteiger partial charge is 0.0134 e. The molecule has 0 N–H and O–H groups in total. The Morgan fingerprint density at radius 3 is 0.900 bits per heavy atom. The second-order valence-electron chi connectivity index (χ2n) is 4.34. The van der Waals surface area contributed by atoms with Gasteiger partial charge in [0.15, 0.2) is 0 Å². The Balaban J connectivity index is 0.00000147. The normalized spacial score (nSPS) is 10.1. The summed E-state index contributed by atoms with van der Waals surface area (Å²) in [5.74, 6) is 0. The molecule has 0 bridgehead atoms. The molecule has 20 heavy (non-hydrogen) atoms. The largest absolute Gasteiger partial charge is 0.0622 e. The molecule has 0 aliphatic carbocycles. The van der Waals surface area contributed by atoms with E-state index >= 15 is 0 Å². The Labute approximate surface area is 134 Å². The summed E-state index contributed by atoms with van der Waals surface area (Å²) >= 11 is 0. The molecule has 3 aromatic rings. The summed E-state index contributed by atoms with van der Waals surface area (Å²) in [6.45, 7) is 0. The first-order valence-electron chi connectivity index (χ1n) is 6.40. The molecule has 3 rings (SSSR count). The third kappa shape index (κ3) is 3.42. The van der Waals surface area contributed by atoms with Crippen LogP contribution in [0.5, 0.6) is 0 Å². The van der Waals surface area contributed by atoms with E-state index in [1.54, 1.807) is 0 Å². The molecular weight excluding hydrogens is 348 g/mol. The van der Waals surface area contributed by atoms with Gasteiger partial charge in [-0.25, -0.2) is 0 Å². The van der Waals surface area contributed by atoms with Crippen LogP contribution < -0.4 is 15.9 Å². The van der Waals surface area contributed by atoms with Crippen LogP contribution in [0.2, 0.25) is 0 Å². The summed E-state index contributed by atoms with van der Waals surface area (Å²) in [7, 11) is -0.446. The third-order valence-electron chi connectivity index (χ3n) is 3.04. The van der Waals surface area contributed by atoms with Crippen LogP contribution in [0.25, 0.3) is 0 Å². The molecule has 0 heterocycles. The van der Waals surface area contributed by atoms with Gasteiger partial charge in [0.2, 0.25) is 0 Å². The molecule has 0 fully saturated rings. The van der Waals surface area contributed by atoms with E-state index in [9.17, 15) is 0 Å².